The second-order valence-electron chi connectivity index (χ2n) is 27.5. The number of carbonyl (C=O) groups excluding carboxylic acids is 9. The van der Waals surface area contributed by atoms with Crippen molar-refractivity contribution in [2.75, 3.05) is 82.2 Å². The number of fused-ring (bicyclic) bond motifs is 21. The number of anilines is 8. The van der Waals surface area contributed by atoms with Gasteiger partial charge in [0.05, 0.1) is 52.0 Å². The first kappa shape index (κ1) is 77.5. The number of Topliss-reactive ketones (excluding diaryl/α,β-unsaturated/α-hetero) is 1. The van der Waals surface area contributed by atoms with E-state index in [0.717, 1.165) is 0 Å². The lowest BCUT2D eigenvalue weighted by Crippen LogP contribution is -2.37. The normalized spacial score (nSPS) is 15.8. The summed E-state index contributed by atoms with van der Waals surface area (Å²) in [5, 5.41) is 35.4. The number of ketones is 1. The molecule has 24 nitrogen and oxygen atoms in total. The molecule has 10 rings (SSSR count). The first-order chi connectivity index (χ1) is 50.0. The quantitative estimate of drug-likeness (QED) is 0.0310. The van der Waals surface area contributed by atoms with Crippen LogP contribution in [-0.2, 0) is 24.0 Å². The largest absolute Gasteiger partial charge is 0.506 e. The van der Waals surface area contributed by atoms with Gasteiger partial charge in [0, 0.05) is 68.6 Å². The fourth-order valence-corrected chi connectivity index (χ4v) is 12.3. The fraction of sp³-hybridized carbons (Fsp3) is 0.296. The van der Waals surface area contributed by atoms with E-state index in [1.807, 2.05) is 0 Å². The van der Waals surface area contributed by atoms with E-state index in [2.05, 4.69) is 58.5 Å². The molecule has 0 spiro atoms. The molecule has 25 heteroatoms. The topological polar surface area (TPSA) is 325 Å². The molecule has 2 aliphatic rings. The Morgan fingerprint density at radius 2 is 0.726 bits per heavy atom. The van der Waals surface area contributed by atoms with Crippen LogP contribution in [0, 0.1) is 83.1 Å². The van der Waals surface area contributed by atoms with E-state index in [0.29, 0.717) is 83.8 Å². The van der Waals surface area contributed by atoms with Crippen molar-refractivity contribution in [1.29, 1.82) is 0 Å². The molecule has 8 aromatic rings. The van der Waals surface area contributed by atoms with Gasteiger partial charge in [-0.05, 0) is 249 Å². The molecule has 0 saturated heterocycles. The van der Waals surface area contributed by atoms with Crippen LogP contribution < -0.4 is 52.0 Å². The monoisotopic (exact) mass is 1500 g/mol. The molecule has 15 bridgehead atoms. The SMILES string of the molecule is Cc1cc2cc(c1)C(=O)Nc1cc(c(C)cc1C)NC(=O)c1cc(C)cc3c1OCCOC(C)(CCOOCC(=O)C(C)(C)Br)OCCOc1cc(c(C)cc1C(=O)Nc1cc(c(C)cc1C)NC2=O)C(=O)Nc1cc(c(C)cc1C)NC(=O)c1cc(C)cc(c1O)C(=O)Nc1cc(c(C)cc1C)NC3=O. The molecule has 9 N–H and O–H groups in total. The highest BCUT2D eigenvalue weighted by Gasteiger charge is 2.32. The minimum Gasteiger partial charge on any atom is -0.506 e. The predicted molar refractivity (Wildman–Crippen MR) is 410 cm³/mol. The molecular formula is C81H85BrN8O16. The summed E-state index contributed by atoms with van der Waals surface area (Å²) in [6.07, 6.45) is -0.0510. The van der Waals surface area contributed by atoms with Gasteiger partial charge in [-0.1, -0.05) is 40.2 Å². The number of aromatic hydroxyl groups is 1. The van der Waals surface area contributed by atoms with E-state index < -0.39 is 69.7 Å². The second-order valence-corrected chi connectivity index (χ2v) is 29.4. The van der Waals surface area contributed by atoms with Gasteiger partial charge >= 0.3 is 0 Å². The van der Waals surface area contributed by atoms with Crippen LogP contribution in [0.2, 0.25) is 0 Å². The summed E-state index contributed by atoms with van der Waals surface area (Å²) in [5.74, 6) is -8.25. The molecule has 8 amide bonds. The number of carbonyl (C=O) groups is 9. The lowest BCUT2D eigenvalue weighted by Gasteiger charge is -2.30. The number of ether oxygens (including phenoxy) is 4. The van der Waals surface area contributed by atoms with Gasteiger partial charge < -0.3 is 66.6 Å². The number of phenols is 1. The number of rotatable bonds is 7. The molecule has 2 aliphatic heterocycles. The highest BCUT2D eigenvalue weighted by atomic mass is 79.9. The van der Waals surface area contributed by atoms with Crippen LogP contribution in [0.15, 0.2) is 103 Å². The number of hydrogen-bond acceptors (Lipinski definition) is 16. The molecule has 0 aliphatic carbocycles. The van der Waals surface area contributed by atoms with Crippen molar-refractivity contribution < 1.29 is 77.0 Å². The summed E-state index contributed by atoms with van der Waals surface area (Å²) < 4.78 is 25.1. The average Bonchev–Trinajstić information content (AvgIpc) is 0.802. The van der Waals surface area contributed by atoms with Crippen LogP contribution in [-0.4, -0.2) is 108 Å². The maximum atomic E-state index is 15.2. The highest BCUT2D eigenvalue weighted by Crippen LogP contribution is 2.37. The van der Waals surface area contributed by atoms with Gasteiger partial charge in [0.1, 0.15) is 37.1 Å². The number of aryl methyl sites for hydroxylation is 12. The van der Waals surface area contributed by atoms with Crippen LogP contribution in [0.5, 0.6) is 17.2 Å². The molecule has 1 unspecified atom stereocenters. The summed E-state index contributed by atoms with van der Waals surface area (Å²) in [6, 6.07) is 26.9. The van der Waals surface area contributed by atoms with E-state index in [4.69, 9.17) is 28.7 Å². The predicted octanol–water partition coefficient (Wildman–Crippen LogP) is 15.0. The number of benzene rings is 8. The van der Waals surface area contributed by atoms with E-state index in [1.54, 1.807) is 165 Å². The molecule has 0 fully saturated rings. The second kappa shape index (κ2) is 32.1. The first-order valence-corrected chi connectivity index (χ1v) is 35.0. The van der Waals surface area contributed by atoms with Gasteiger partial charge in [0.25, 0.3) is 47.3 Å². The van der Waals surface area contributed by atoms with Gasteiger partial charge in [-0.2, -0.15) is 0 Å². The molecule has 106 heavy (non-hydrogen) atoms. The van der Waals surface area contributed by atoms with Crippen LogP contribution in [0.25, 0.3) is 0 Å². The zero-order chi connectivity index (χ0) is 77.0. The van der Waals surface area contributed by atoms with Gasteiger partial charge in [-0.25, -0.2) is 9.78 Å². The Bertz CT molecular complexity index is 4960. The zero-order valence-corrected chi connectivity index (χ0v) is 63.3. The molecule has 0 saturated carbocycles. The van der Waals surface area contributed by atoms with Crippen molar-refractivity contribution in [3.63, 3.8) is 0 Å². The fourth-order valence-electron chi connectivity index (χ4n) is 12.2. The Labute approximate surface area is 622 Å². The lowest BCUT2D eigenvalue weighted by atomic mass is 10.0. The van der Waals surface area contributed by atoms with Crippen LogP contribution >= 0.6 is 15.9 Å². The smallest absolute Gasteiger partial charge is 0.259 e. The third-order valence-corrected chi connectivity index (χ3v) is 18.7. The van der Waals surface area contributed by atoms with Crippen molar-refractivity contribution in [3.05, 3.63) is 214 Å². The third kappa shape index (κ3) is 18.2. The molecule has 0 aromatic heterocycles. The van der Waals surface area contributed by atoms with Crippen LogP contribution in [0.1, 0.15) is 177 Å². The Balaban J connectivity index is 1.13. The van der Waals surface area contributed by atoms with E-state index >= 15 is 9.59 Å². The van der Waals surface area contributed by atoms with Gasteiger partial charge in [-0.3, -0.25) is 43.2 Å². The Hall–Kier alpha value is -11.1. The van der Waals surface area contributed by atoms with Crippen LogP contribution in [0.4, 0.5) is 45.5 Å². The minimum atomic E-state index is -1.59. The number of hydrogen-bond donors (Lipinski definition) is 9. The molecule has 0 radical (unpaired) electrons. The average molecular weight is 1510 g/mol. The zero-order valence-electron chi connectivity index (χ0n) is 61.7. The van der Waals surface area contributed by atoms with Gasteiger partial charge in [0.2, 0.25) is 0 Å². The number of amides is 8. The van der Waals surface area contributed by atoms with Gasteiger partial charge in [0.15, 0.2) is 11.6 Å². The number of halogens is 1. The van der Waals surface area contributed by atoms with E-state index in [9.17, 15) is 38.7 Å². The standard InChI is InChI=1S/C81H85BrN8O16/c1-40-22-52-33-53(23-40)73(94)84-61-36-66(50(11)29-45(61)6)89-78(99)58-26-42(3)27-59-71(58)102-19-21-104-81(15,16-17-105-106-39-69(91)80(13,14)82)103-20-18-101-68-34-54(43(4)32-55(68)75(96)86-63-35-60(83-72(52)93)44(5)28-47(63)8)74(95)85-62-37-64(48(9)30-46(62)7)87-76(97)56-24-41(2)25-57(70(56)92)77(98)88-65-38-67(90-79(59)100)51(12)31-49(65)10/h22-38,92H,16-21,39H2,1-15H3,(H,83,93)(H,84,94)(H,85,95)(H,86,96)(H,87,97)(H,88,98)(H,89,99)(H,90,100). The number of nitrogens with one attached hydrogen (secondary N) is 8. The van der Waals surface area contributed by atoms with E-state index in [1.165, 1.54) is 42.5 Å². The summed E-state index contributed by atoms with van der Waals surface area (Å²) in [5.41, 5.74) is 8.60. The van der Waals surface area contributed by atoms with Crippen molar-refractivity contribution in [2.24, 2.45) is 0 Å². The molecule has 8 aromatic carbocycles. The molecule has 2 heterocycles. The maximum Gasteiger partial charge on any atom is 0.259 e. The highest BCUT2D eigenvalue weighted by molar-refractivity contribution is 9.10. The summed E-state index contributed by atoms with van der Waals surface area (Å²) >= 11 is 3.35. The lowest BCUT2D eigenvalue weighted by molar-refractivity contribution is -0.309. The summed E-state index contributed by atoms with van der Waals surface area (Å²) in [4.78, 5) is 141. The van der Waals surface area contributed by atoms with Crippen molar-refractivity contribution in [3.8, 4) is 17.2 Å². The third-order valence-electron chi connectivity index (χ3n) is 18.2. The molecular weight excluding hydrogens is 1420 g/mol. The van der Waals surface area contributed by atoms with Crippen molar-refractivity contribution in [1.82, 2.24) is 0 Å². The Morgan fingerprint density at radius 3 is 1.11 bits per heavy atom. The first-order valence-electron chi connectivity index (χ1n) is 34.2. The summed E-state index contributed by atoms with van der Waals surface area (Å²) in [6.45, 7) is 24.1. The van der Waals surface area contributed by atoms with Gasteiger partial charge in [-0.15, -0.1) is 0 Å². The minimum absolute atomic E-state index is 0.0150. The molecule has 1 atom stereocenters. The van der Waals surface area contributed by atoms with Crippen molar-refractivity contribution in [2.45, 2.75) is 120 Å². The van der Waals surface area contributed by atoms with Crippen molar-refractivity contribution >= 4 is 114 Å². The number of phenolic OH excluding ortho intramolecular Hbond substituents is 1. The van der Waals surface area contributed by atoms with E-state index in [-0.39, 0.29) is 130 Å². The maximum absolute atomic E-state index is 15.2. The van der Waals surface area contributed by atoms with Crippen LogP contribution in [0.3, 0.4) is 0 Å². The molecule has 552 valence electrons. The number of alkyl halides is 1. The summed E-state index contributed by atoms with van der Waals surface area (Å²) in [7, 11) is 0. The Kier molecular flexibility index (Phi) is 23.5. The Morgan fingerprint density at radius 1 is 0.396 bits per heavy atom.